The highest BCUT2D eigenvalue weighted by Crippen LogP contribution is 2.28. The molecule has 2 aromatic carbocycles. The summed E-state index contributed by atoms with van der Waals surface area (Å²) >= 11 is 12.2. The minimum atomic E-state index is -0.740. The molecular weight excluding hydrogens is 475 g/mol. The third kappa shape index (κ3) is 5.35. The van der Waals surface area contributed by atoms with Crippen LogP contribution in [-0.2, 0) is 11.2 Å². The summed E-state index contributed by atoms with van der Waals surface area (Å²) < 4.78 is 2.84. The first-order chi connectivity index (χ1) is 16.5. The Hall–Kier alpha value is -3.49. The Kier molecular flexibility index (Phi) is 7.40. The maximum Gasteiger partial charge on any atom is 0.254 e. The zero-order chi connectivity index (χ0) is 24.1. The third-order valence-corrected chi connectivity index (χ3v) is 5.65. The molecule has 8 nitrogen and oxygen atoms in total. The van der Waals surface area contributed by atoms with Crippen LogP contribution in [0.4, 0.5) is 0 Å². The van der Waals surface area contributed by atoms with Crippen molar-refractivity contribution in [1.82, 2.24) is 29.9 Å². The fourth-order valence-electron chi connectivity index (χ4n) is 3.59. The molecule has 0 aliphatic carbocycles. The minimum absolute atomic E-state index is 0.228. The van der Waals surface area contributed by atoms with E-state index in [2.05, 4.69) is 20.6 Å². The maximum absolute atomic E-state index is 13.2. The Balaban J connectivity index is 1.74. The van der Waals surface area contributed by atoms with Crippen molar-refractivity contribution < 1.29 is 4.79 Å². The summed E-state index contributed by atoms with van der Waals surface area (Å²) in [4.78, 5) is 30.7. The summed E-state index contributed by atoms with van der Waals surface area (Å²) in [6.07, 6.45) is 4.09. The van der Waals surface area contributed by atoms with E-state index in [0.29, 0.717) is 34.9 Å². The van der Waals surface area contributed by atoms with Gasteiger partial charge in [-0.3, -0.25) is 14.2 Å². The number of carbonyl (C=O) groups excluding carboxylic acids is 1. The highest BCUT2D eigenvalue weighted by Gasteiger charge is 2.23. The van der Waals surface area contributed by atoms with Crippen molar-refractivity contribution in [3.8, 4) is 16.9 Å². The molecule has 0 aliphatic heterocycles. The van der Waals surface area contributed by atoms with Crippen LogP contribution in [0.5, 0.6) is 0 Å². The Morgan fingerprint density at radius 3 is 2.59 bits per heavy atom. The molecule has 4 aromatic rings. The van der Waals surface area contributed by atoms with Gasteiger partial charge in [0.2, 0.25) is 5.91 Å². The third-order valence-electron chi connectivity index (χ3n) is 5.24. The lowest BCUT2D eigenvalue weighted by Crippen LogP contribution is -2.38. The van der Waals surface area contributed by atoms with Gasteiger partial charge in [-0.05, 0) is 30.2 Å². The van der Waals surface area contributed by atoms with Crippen molar-refractivity contribution in [2.75, 3.05) is 6.54 Å². The smallest absolute Gasteiger partial charge is 0.254 e. The molecule has 0 fully saturated rings. The van der Waals surface area contributed by atoms with E-state index in [1.165, 1.54) is 21.6 Å². The van der Waals surface area contributed by atoms with Crippen LogP contribution in [0.2, 0.25) is 10.2 Å². The van der Waals surface area contributed by atoms with Crippen LogP contribution in [0, 0.1) is 0 Å². The van der Waals surface area contributed by atoms with Crippen LogP contribution in [0.15, 0.2) is 71.9 Å². The molecule has 0 spiro atoms. The maximum atomic E-state index is 13.2. The molecule has 0 aliphatic rings. The molecule has 0 saturated carbocycles. The van der Waals surface area contributed by atoms with E-state index in [-0.39, 0.29) is 16.6 Å². The van der Waals surface area contributed by atoms with Crippen LogP contribution in [0.3, 0.4) is 0 Å². The number of nitrogens with one attached hydrogen (secondary N) is 1. The van der Waals surface area contributed by atoms with E-state index in [1.807, 2.05) is 37.3 Å². The largest absolute Gasteiger partial charge is 0.354 e. The number of halogens is 2. The lowest BCUT2D eigenvalue weighted by molar-refractivity contribution is -0.124. The average Bonchev–Trinajstić information content (AvgIpc) is 3.27. The molecule has 0 radical (unpaired) electrons. The van der Waals surface area contributed by atoms with Gasteiger partial charge >= 0.3 is 0 Å². The first kappa shape index (κ1) is 23.7. The molecule has 34 heavy (non-hydrogen) atoms. The van der Waals surface area contributed by atoms with E-state index in [9.17, 15) is 9.59 Å². The highest BCUT2D eigenvalue weighted by atomic mass is 35.5. The second kappa shape index (κ2) is 10.6. The molecule has 0 bridgehead atoms. The Labute approximate surface area is 206 Å². The lowest BCUT2D eigenvalue weighted by Gasteiger charge is -2.20. The monoisotopic (exact) mass is 496 g/mol. The lowest BCUT2D eigenvalue weighted by atomic mass is 10.0. The molecule has 10 heteroatoms. The average molecular weight is 497 g/mol. The quantitative estimate of drug-likeness (QED) is 0.396. The molecule has 1 amide bonds. The van der Waals surface area contributed by atoms with E-state index < -0.39 is 6.04 Å². The molecule has 174 valence electrons. The van der Waals surface area contributed by atoms with E-state index in [0.717, 1.165) is 12.0 Å². The van der Waals surface area contributed by atoms with Crippen LogP contribution in [-0.4, -0.2) is 37.0 Å². The van der Waals surface area contributed by atoms with Crippen LogP contribution >= 0.6 is 23.2 Å². The van der Waals surface area contributed by atoms with Gasteiger partial charge in [-0.15, -0.1) is 5.10 Å². The van der Waals surface area contributed by atoms with Crippen molar-refractivity contribution in [2.45, 2.75) is 25.8 Å². The van der Waals surface area contributed by atoms with Crippen molar-refractivity contribution >= 4 is 29.1 Å². The summed E-state index contributed by atoms with van der Waals surface area (Å²) in [6, 6.07) is 15.3. The molecule has 1 unspecified atom stereocenters. The normalized spacial score (nSPS) is 11.9. The molecular formula is C24H22Cl2N6O2. The van der Waals surface area contributed by atoms with Gasteiger partial charge in [0.15, 0.2) is 5.15 Å². The standard InChI is InChI=1S/C24H22Cl2N6O2/c1-2-10-27-24(34)21(11-16-6-4-3-5-7-16)31-15-28-19(13-23(31)33)18-12-17(25)8-9-20(18)32-14-22(26)29-30-32/h3-9,12-15,21H,2,10-11H2,1H3,(H,27,34). The second-order valence-corrected chi connectivity index (χ2v) is 8.49. The molecule has 1 N–H and O–H groups in total. The Morgan fingerprint density at radius 1 is 1.12 bits per heavy atom. The number of carbonyl (C=O) groups is 1. The summed E-state index contributed by atoms with van der Waals surface area (Å²) in [5, 5.41) is 11.4. The van der Waals surface area contributed by atoms with Crippen LogP contribution < -0.4 is 10.9 Å². The van der Waals surface area contributed by atoms with Crippen molar-refractivity contribution in [1.29, 1.82) is 0 Å². The first-order valence-electron chi connectivity index (χ1n) is 10.7. The number of hydrogen-bond acceptors (Lipinski definition) is 5. The predicted octanol–water partition coefficient (Wildman–Crippen LogP) is 4.11. The summed E-state index contributed by atoms with van der Waals surface area (Å²) in [6.45, 7) is 2.50. The fourth-order valence-corrected chi connectivity index (χ4v) is 3.88. The topological polar surface area (TPSA) is 94.7 Å². The summed E-state index contributed by atoms with van der Waals surface area (Å²) in [5.41, 5.74) is 2.15. The van der Waals surface area contributed by atoms with E-state index in [1.54, 1.807) is 24.4 Å². The minimum Gasteiger partial charge on any atom is -0.354 e. The molecule has 2 aromatic heterocycles. The highest BCUT2D eigenvalue weighted by molar-refractivity contribution is 6.31. The van der Waals surface area contributed by atoms with Crippen LogP contribution in [0.1, 0.15) is 24.9 Å². The summed E-state index contributed by atoms with van der Waals surface area (Å²) in [5.74, 6) is -0.233. The van der Waals surface area contributed by atoms with Gasteiger partial charge in [-0.25, -0.2) is 9.67 Å². The number of benzene rings is 2. The SMILES string of the molecule is CCCNC(=O)C(Cc1ccccc1)n1cnc(-c2cc(Cl)ccc2-n2cc(Cl)nn2)cc1=O. The van der Waals surface area contributed by atoms with Gasteiger partial charge in [0.05, 0.1) is 23.9 Å². The predicted molar refractivity (Wildman–Crippen MR) is 131 cm³/mol. The number of aromatic nitrogens is 5. The molecule has 2 heterocycles. The number of rotatable bonds is 8. The first-order valence-corrected chi connectivity index (χ1v) is 11.5. The Morgan fingerprint density at radius 2 is 1.91 bits per heavy atom. The molecule has 1 atom stereocenters. The molecule has 0 saturated heterocycles. The number of nitrogens with zero attached hydrogens (tertiary/aromatic N) is 5. The van der Waals surface area contributed by atoms with Gasteiger partial charge < -0.3 is 5.32 Å². The summed E-state index contributed by atoms with van der Waals surface area (Å²) in [7, 11) is 0. The fraction of sp³-hybridized carbons (Fsp3) is 0.208. The van der Waals surface area contributed by atoms with Crippen molar-refractivity contribution in [3.63, 3.8) is 0 Å². The van der Waals surface area contributed by atoms with Gasteiger partial charge in [0.1, 0.15) is 6.04 Å². The van der Waals surface area contributed by atoms with Gasteiger partial charge in [0, 0.05) is 29.6 Å². The van der Waals surface area contributed by atoms with E-state index >= 15 is 0 Å². The zero-order valence-electron chi connectivity index (χ0n) is 18.4. The van der Waals surface area contributed by atoms with Gasteiger partial charge in [0.25, 0.3) is 5.56 Å². The van der Waals surface area contributed by atoms with Crippen LogP contribution in [0.25, 0.3) is 16.9 Å². The number of hydrogen-bond donors (Lipinski definition) is 1. The Bertz CT molecular complexity index is 1350. The second-order valence-electron chi connectivity index (χ2n) is 7.66. The van der Waals surface area contributed by atoms with Gasteiger partial charge in [-0.2, -0.15) is 0 Å². The van der Waals surface area contributed by atoms with Crippen molar-refractivity contribution in [2.24, 2.45) is 0 Å². The van der Waals surface area contributed by atoms with E-state index in [4.69, 9.17) is 23.2 Å². The molecule has 4 rings (SSSR count). The van der Waals surface area contributed by atoms with Crippen molar-refractivity contribution in [3.05, 3.63) is 93.2 Å². The number of amides is 1. The van der Waals surface area contributed by atoms with Gasteiger partial charge in [-0.1, -0.05) is 65.7 Å². The zero-order valence-corrected chi connectivity index (χ0v) is 19.9.